The average Bonchev–Trinajstić information content (AvgIpc) is 3.08. The molecule has 0 aromatic carbocycles. The van der Waals surface area contributed by atoms with Crippen LogP contribution >= 0.6 is 0 Å². The van der Waals surface area contributed by atoms with E-state index in [1.54, 1.807) is 0 Å². The van der Waals surface area contributed by atoms with Crippen LogP contribution in [0.1, 0.15) is 60.3 Å². The van der Waals surface area contributed by atoms with Gasteiger partial charge in [0.05, 0.1) is 18.1 Å². The molecule has 0 unspecified atom stereocenters. The number of carbonyl (C=O) groups excluding carboxylic acids is 2. The van der Waals surface area contributed by atoms with Crippen LogP contribution in [0.3, 0.4) is 0 Å². The Morgan fingerprint density at radius 2 is 1.68 bits per heavy atom. The first-order valence-corrected chi connectivity index (χ1v) is 10.7. The van der Waals surface area contributed by atoms with Crippen LogP contribution in [0, 0.1) is 5.41 Å². The molecule has 2 fully saturated rings. The number of carbonyl (C=O) groups is 2. The molecule has 1 saturated carbocycles. The number of alkyl carbamates (subject to hydrolysis) is 1. The van der Waals surface area contributed by atoms with E-state index in [0.29, 0.717) is 6.54 Å². The van der Waals surface area contributed by atoms with Crippen molar-refractivity contribution in [2.45, 2.75) is 72.0 Å². The number of amides is 2. The van der Waals surface area contributed by atoms with E-state index in [0.717, 1.165) is 65.0 Å². The molecule has 2 rings (SSSR count). The molecule has 2 amide bonds. The van der Waals surface area contributed by atoms with Crippen LogP contribution in [-0.2, 0) is 14.3 Å². The third kappa shape index (κ3) is 6.92. The molecule has 1 aliphatic carbocycles. The topological polar surface area (TPSA) is 71.1 Å². The molecule has 2 aliphatic rings. The zero-order chi connectivity index (χ0) is 20.8. The first-order chi connectivity index (χ1) is 13.1. The Hall–Kier alpha value is -1.34. The molecule has 0 aromatic rings. The summed E-state index contributed by atoms with van der Waals surface area (Å²) >= 11 is 0. The average molecular weight is 398 g/mol. The Bertz CT molecular complexity index is 516. The summed E-state index contributed by atoms with van der Waals surface area (Å²) in [4.78, 5) is 29.7. The number of rotatable bonds is 7. The maximum atomic E-state index is 13.3. The van der Waals surface area contributed by atoms with E-state index in [9.17, 15) is 9.59 Å². The first kappa shape index (κ1) is 22.9. The summed E-state index contributed by atoms with van der Waals surface area (Å²) < 4.78 is 11.0. The van der Waals surface area contributed by atoms with Crippen molar-refractivity contribution in [2.24, 2.45) is 5.41 Å². The number of hydrogen-bond acceptors (Lipinski definition) is 5. The van der Waals surface area contributed by atoms with Gasteiger partial charge in [0, 0.05) is 39.3 Å². The highest BCUT2D eigenvalue weighted by Crippen LogP contribution is 2.39. The second kappa shape index (κ2) is 9.92. The number of nitrogens with zero attached hydrogens (tertiary/aromatic N) is 2. The van der Waals surface area contributed by atoms with Crippen LogP contribution < -0.4 is 5.32 Å². The van der Waals surface area contributed by atoms with Crippen LogP contribution in [0.2, 0.25) is 0 Å². The van der Waals surface area contributed by atoms with Crippen molar-refractivity contribution in [3.8, 4) is 0 Å². The largest absolute Gasteiger partial charge is 0.444 e. The van der Waals surface area contributed by atoms with Crippen LogP contribution in [0.5, 0.6) is 0 Å². The van der Waals surface area contributed by atoms with Gasteiger partial charge in [-0.2, -0.15) is 0 Å². The third-order valence-corrected chi connectivity index (χ3v) is 5.50. The minimum Gasteiger partial charge on any atom is -0.444 e. The summed E-state index contributed by atoms with van der Waals surface area (Å²) in [6, 6.07) is 0. The summed E-state index contributed by atoms with van der Waals surface area (Å²) in [7, 11) is 0. The lowest BCUT2D eigenvalue weighted by molar-refractivity contribution is -0.143. The number of nitrogens with one attached hydrogen (secondary N) is 1. The zero-order valence-electron chi connectivity index (χ0n) is 18.4. The van der Waals surface area contributed by atoms with E-state index in [1.807, 2.05) is 39.5 Å². The Morgan fingerprint density at radius 3 is 2.21 bits per heavy atom. The van der Waals surface area contributed by atoms with Crippen molar-refractivity contribution in [1.82, 2.24) is 15.1 Å². The molecule has 7 heteroatoms. The lowest BCUT2D eigenvalue weighted by Gasteiger charge is -2.40. The van der Waals surface area contributed by atoms with Crippen molar-refractivity contribution in [3.05, 3.63) is 0 Å². The lowest BCUT2D eigenvalue weighted by Crippen LogP contribution is -2.55. The predicted octanol–water partition coefficient (Wildman–Crippen LogP) is 2.64. The van der Waals surface area contributed by atoms with E-state index in [4.69, 9.17) is 9.47 Å². The summed E-state index contributed by atoms with van der Waals surface area (Å²) in [5.74, 6) is 0.194. The molecule has 7 nitrogen and oxygen atoms in total. The van der Waals surface area contributed by atoms with Gasteiger partial charge in [0.15, 0.2) is 0 Å². The monoisotopic (exact) mass is 397 g/mol. The number of ether oxygens (including phenoxy) is 2. The Morgan fingerprint density at radius 1 is 1.07 bits per heavy atom. The molecule has 1 saturated heterocycles. The number of piperazine rings is 1. The minimum atomic E-state index is -0.535. The van der Waals surface area contributed by atoms with E-state index in [1.165, 1.54) is 0 Å². The Kier molecular flexibility index (Phi) is 8.13. The maximum absolute atomic E-state index is 13.3. The van der Waals surface area contributed by atoms with Crippen LogP contribution in [0.15, 0.2) is 0 Å². The zero-order valence-corrected chi connectivity index (χ0v) is 18.4. The van der Waals surface area contributed by atoms with Gasteiger partial charge in [0.2, 0.25) is 5.91 Å². The molecule has 28 heavy (non-hydrogen) atoms. The van der Waals surface area contributed by atoms with Gasteiger partial charge < -0.3 is 19.7 Å². The third-order valence-electron chi connectivity index (χ3n) is 5.50. The van der Waals surface area contributed by atoms with E-state index >= 15 is 0 Å². The highest BCUT2D eigenvalue weighted by Gasteiger charge is 2.44. The molecular formula is C21H39N3O4. The minimum absolute atomic E-state index is 0.194. The van der Waals surface area contributed by atoms with Crippen molar-refractivity contribution in [2.75, 3.05) is 45.9 Å². The summed E-state index contributed by atoms with van der Waals surface area (Å²) in [5, 5.41) is 2.85. The smallest absolute Gasteiger partial charge is 0.407 e. The normalized spacial score (nSPS) is 20.4. The molecule has 0 aromatic heterocycles. The van der Waals surface area contributed by atoms with Crippen molar-refractivity contribution in [3.63, 3.8) is 0 Å². The fourth-order valence-electron chi connectivity index (χ4n) is 4.00. The van der Waals surface area contributed by atoms with Crippen LogP contribution in [0.25, 0.3) is 0 Å². The van der Waals surface area contributed by atoms with E-state index in [2.05, 4.69) is 10.2 Å². The molecular weight excluding hydrogens is 358 g/mol. The fraction of sp³-hybridized carbons (Fsp3) is 0.905. The second-order valence-corrected chi connectivity index (χ2v) is 9.40. The van der Waals surface area contributed by atoms with E-state index in [-0.39, 0.29) is 12.0 Å². The van der Waals surface area contributed by atoms with Gasteiger partial charge in [0.25, 0.3) is 0 Å². The molecule has 0 spiro atoms. The van der Waals surface area contributed by atoms with Crippen molar-refractivity contribution in [1.29, 1.82) is 0 Å². The molecule has 1 heterocycles. The second-order valence-electron chi connectivity index (χ2n) is 9.40. The first-order valence-electron chi connectivity index (χ1n) is 10.7. The van der Waals surface area contributed by atoms with Gasteiger partial charge in [-0.1, -0.05) is 12.8 Å². The number of hydrogen-bond donors (Lipinski definition) is 1. The van der Waals surface area contributed by atoms with E-state index < -0.39 is 17.1 Å². The summed E-state index contributed by atoms with van der Waals surface area (Å²) in [5.41, 5.74) is -1.01. The highest BCUT2D eigenvalue weighted by atomic mass is 16.6. The molecule has 1 aliphatic heterocycles. The van der Waals surface area contributed by atoms with Gasteiger partial charge in [-0.15, -0.1) is 0 Å². The van der Waals surface area contributed by atoms with Gasteiger partial charge in [0.1, 0.15) is 5.60 Å². The SMILES string of the molecule is CC(C)OCCN1CCN(C(=O)C2(CNC(=O)OC(C)(C)C)CCCC2)CC1. The lowest BCUT2D eigenvalue weighted by atomic mass is 9.84. The quantitative estimate of drug-likeness (QED) is 0.715. The summed E-state index contributed by atoms with van der Waals surface area (Å²) in [6.07, 6.45) is 3.56. The Balaban J connectivity index is 1.85. The molecule has 1 N–H and O–H groups in total. The maximum Gasteiger partial charge on any atom is 0.407 e. The van der Waals surface area contributed by atoms with Gasteiger partial charge in [-0.25, -0.2) is 4.79 Å². The fourth-order valence-corrected chi connectivity index (χ4v) is 4.00. The van der Waals surface area contributed by atoms with Gasteiger partial charge in [-0.3, -0.25) is 9.69 Å². The van der Waals surface area contributed by atoms with Crippen molar-refractivity contribution < 1.29 is 19.1 Å². The van der Waals surface area contributed by atoms with Gasteiger partial charge in [-0.05, 0) is 47.5 Å². The molecule has 0 radical (unpaired) electrons. The van der Waals surface area contributed by atoms with Crippen molar-refractivity contribution >= 4 is 12.0 Å². The van der Waals surface area contributed by atoms with Crippen LogP contribution in [-0.4, -0.2) is 79.4 Å². The molecule has 0 atom stereocenters. The summed E-state index contributed by atoms with van der Waals surface area (Å²) in [6.45, 7) is 14.9. The van der Waals surface area contributed by atoms with Crippen LogP contribution in [0.4, 0.5) is 4.79 Å². The standard InChI is InChI=1S/C21H39N3O4/c1-17(2)27-15-14-23-10-12-24(13-11-23)18(25)21(8-6-7-9-21)16-22-19(26)28-20(3,4)5/h17H,6-16H2,1-5H3,(H,22,26). The predicted molar refractivity (Wildman–Crippen MR) is 109 cm³/mol. The Labute approximate surface area is 170 Å². The molecule has 0 bridgehead atoms. The molecule has 162 valence electrons. The van der Waals surface area contributed by atoms with Gasteiger partial charge >= 0.3 is 6.09 Å². The highest BCUT2D eigenvalue weighted by molar-refractivity contribution is 5.84.